The van der Waals surface area contributed by atoms with Gasteiger partial charge in [0.05, 0.1) is 11.7 Å². The number of piperazine rings is 1. The lowest BCUT2D eigenvalue weighted by molar-refractivity contribution is -0.120. The molecule has 0 radical (unpaired) electrons. The molecule has 154 valence electrons. The van der Waals surface area contributed by atoms with Crippen molar-refractivity contribution in [3.63, 3.8) is 0 Å². The van der Waals surface area contributed by atoms with Crippen molar-refractivity contribution in [2.45, 2.75) is 19.9 Å². The minimum absolute atomic E-state index is 0.0127. The number of halogens is 3. The maximum Gasteiger partial charge on any atom is 0.241 e. The number of ketones is 1. The number of anilines is 2. The molecule has 5 nitrogen and oxygen atoms in total. The normalized spacial score (nSPS) is 15.8. The van der Waals surface area contributed by atoms with Crippen LogP contribution in [-0.2, 0) is 4.79 Å². The van der Waals surface area contributed by atoms with Gasteiger partial charge in [-0.25, -0.2) is 13.2 Å². The third-order valence-electron chi connectivity index (χ3n) is 5.17. The van der Waals surface area contributed by atoms with Gasteiger partial charge in [-0.3, -0.25) is 14.5 Å². The number of nitrogens with zero attached hydrogens (tertiary/aromatic N) is 2. The Morgan fingerprint density at radius 1 is 0.931 bits per heavy atom. The molecule has 0 spiro atoms. The molecule has 0 aromatic heterocycles. The number of hydrogen-bond donors (Lipinski definition) is 1. The molecule has 1 atom stereocenters. The van der Waals surface area contributed by atoms with Crippen LogP contribution in [0.4, 0.5) is 24.5 Å². The predicted molar refractivity (Wildman–Crippen MR) is 105 cm³/mol. The molecule has 1 fully saturated rings. The number of nitrogens with one attached hydrogen (secondary N) is 1. The van der Waals surface area contributed by atoms with E-state index in [-0.39, 0.29) is 11.5 Å². The summed E-state index contributed by atoms with van der Waals surface area (Å²) < 4.78 is 40.1. The molecule has 0 unspecified atom stereocenters. The topological polar surface area (TPSA) is 52.7 Å². The lowest BCUT2D eigenvalue weighted by Gasteiger charge is -2.38. The Bertz CT molecular complexity index is 910. The maximum atomic E-state index is 13.8. The highest BCUT2D eigenvalue weighted by Crippen LogP contribution is 2.21. The van der Waals surface area contributed by atoms with Gasteiger partial charge in [0.15, 0.2) is 23.2 Å². The van der Waals surface area contributed by atoms with Crippen molar-refractivity contribution < 1.29 is 22.8 Å². The highest BCUT2D eigenvalue weighted by atomic mass is 19.2. The van der Waals surface area contributed by atoms with Gasteiger partial charge in [-0.05, 0) is 50.2 Å². The standard InChI is InChI=1S/C21H22F3N3O2/c1-13(21(29)25-18-8-7-17(22)19(23)20(18)24)26-9-11-27(12-10-26)16-5-3-15(4-6-16)14(2)28/h3-8,13H,9-12H2,1-2H3,(H,25,29)/t13-/m0/s1. The largest absolute Gasteiger partial charge is 0.369 e. The van der Waals surface area contributed by atoms with Crippen LogP contribution in [0.15, 0.2) is 36.4 Å². The van der Waals surface area contributed by atoms with Crippen molar-refractivity contribution >= 4 is 23.1 Å². The summed E-state index contributed by atoms with van der Waals surface area (Å²) in [7, 11) is 0. The summed E-state index contributed by atoms with van der Waals surface area (Å²) in [5.74, 6) is -4.81. The van der Waals surface area contributed by atoms with Gasteiger partial charge in [-0.2, -0.15) is 0 Å². The van der Waals surface area contributed by atoms with E-state index >= 15 is 0 Å². The van der Waals surface area contributed by atoms with Gasteiger partial charge in [0.2, 0.25) is 5.91 Å². The van der Waals surface area contributed by atoms with Crippen molar-refractivity contribution in [1.29, 1.82) is 0 Å². The molecule has 3 rings (SSSR count). The minimum atomic E-state index is -1.61. The maximum absolute atomic E-state index is 13.8. The van der Waals surface area contributed by atoms with Crippen molar-refractivity contribution in [2.75, 3.05) is 36.4 Å². The molecule has 2 aromatic carbocycles. The van der Waals surface area contributed by atoms with Gasteiger partial charge in [-0.15, -0.1) is 0 Å². The van der Waals surface area contributed by atoms with E-state index in [1.807, 2.05) is 17.0 Å². The Morgan fingerprint density at radius 3 is 2.14 bits per heavy atom. The van der Waals surface area contributed by atoms with Crippen molar-refractivity contribution in [2.24, 2.45) is 0 Å². The van der Waals surface area contributed by atoms with E-state index in [9.17, 15) is 22.8 Å². The number of benzene rings is 2. The molecule has 1 aliphatic rings. The number of amides is 1. The molecule has 8 heteroatoms. The molecule has 0 bridgehead atoms. The molecule has 0 saturated carbocycles. The van der Waals surface area contributed by atoms with E-state index < -0.39 is 29.4 Å². The second-order valence-corrected chi connectivity index (χ2v) is 7.01. The summed E-state index contributed by atoms with van der Waals surface area (Å²) in [5.41, 5.74) is 1.27. The van der Waals surface area contributed by atoms with Crippen LogP contribution in [0.3, 0.4) is 0 Å². The van der Waals surface area contributed by atoms with Gasteiger partial charge in [-0.1, -0.05) is 0 Å². The summed E-state index contributed by atoms with van der Waals surface area (Å²) in [5, 5.41) is 2.33. The third-order valence-corrected chi connectivity index (χ3v) is 5.17. The van der Waals surface area contributed by atoms with Crippen molar-refractivity contribution in [1.82, 2.24) is 4.90 Å². The first-order valence-corrected chi connectivity index (χ1v) is 9.32. The highest BCUT2D eigenvalue weighted by molar-refractivity contribution is 5.95. The molecule has 29 heavy (non-hydrogen) atoms. The van der Waals surface area contributed by atoms with Gasteiger partial charge in [0.1, 0.15) is 0 Å². The monoisotopic (exact) mass is 405 g/mol. The van der Waals surface area contributed by atoms with Crippen molar-refractivity contribution in [3.05, 3.63) is 59.4 Å². The average Bonchev–Trinajstić information content (AvgIpc) is 2.73. The summed E-state index contributed by atoms with van der Waals surface area (Å²) >= 11 is 0. The quantitative estimate of drug-likeness (QED) is 0.612. The zero-order valence-corrected chi connectivity index (χ0v) is 16.2. The molecule has 1 N–H and O–H groups in total. The van der Waals surface area contributed by atoms with Crippen LogP contribution in [0.25, 0.3) is 0 Å². The Hall–Kier alpha value is -2.87. The molecular formula is C21H22F3N3O2. The highest BCUT2D eigenvalue weighted by Gasteiger charge is 2.27. The Kier molecular flexibility index (Phi) is 6.22. The van der Waals surface area contributed by atoms with Crippen LogP contribution in [-0.4, -0.2) is 48.8 Å². The number of Topliss-reactive ketones (excluding diaryl/α,β-unsaturated/α-hetero) is 1. The van der Waals surface area contributed by atoms with Gasteiger partial charge < -0.3 is 10.2 Å². The molecule has 1 aliphatic heterocycles. The first-order valence-electron chi connectivity index (χ1n) is 9.32. The predicted octanol–water partition coefficient (Wildman–Crippen LogP) is 3.46. The fourth-order valence-electron chi connectivity index (χ4n) is 3.30. The Morgan fingerprint density at radius 2 is 1.55 bits per heavy atom. The summed E-state index contributed by atoms with van der Waals surface area (Å²) in [6.45, 7) is 5.76. The van der Waals surface area contributed by atoms with E-state index in [1.54, 1.807) is 19.1 Å². The summed E-state index contributed by atoms with van der Waals surface area (Å²) in [6, 6.07) is 8.58. The molecule has 1 heterocycles. The summed E-state index contributed by atoms with van der Waals surface area (Å²) in [6.07, 6.45) is 0. The van der Waals surface area contributed by atoms with Crippen LogP contribution in [0.5, 0.6) is 0 Å². The van der Waals surface area contributed by atoms with E-state index in [0.717, 1.165) is 17.8 Å². The summed E-state index contributed by atoms with van der Waals surface area (Å²) in [4.78, 5) is 27.9. The van der Waals surface area contributed by atoms with Gasteiger partial charge in [0.25, 0.3) is 0 Å². The van der Waals surface area contributed by atoms with Crippen LogP contribution >= 0.6 is 0 Å². The first kappa shape index (κ1) is 20.9. The van der Waals surface area contributed by atoms with E-state index in [1.165, 1.54) is 6.92 Å². The van der Waals surface area contributed by atoms with Crippen molar-refractivity contribution in [3.8, 4) is 0 Å². The number of carbonyl (C=O) groups is 2. The zero-order valence-electron chi connectivity index (χ0n) is 16.2. The van der Waals surface area contributed by atoms with Gasteiger partial charge >= 0.3 is 0 Å². The average molecular weight is 405 g/mol. The second-order valence-electron chi connectivity index (χ2n) is 7.01. The zero-order chi connectivity index (χ0) is 21.1. The van der Waals surface area contributed by atoms with E-state index in [4.69, 9.17) is 0 Å². The number of rotatable bonds is 5. The lowest BCUT2D eigenvalue weighted by Crippen LogP contribution is -2.52. The first-order chi connectivity index (χ1) is 13.8. The van der Waals surface area contributed by atoms with Crippen LogP contribution in [0.2, 0.25) is 0 Å². The molecular weight excluding hydrogens is 383 g/mol. The van der Waals surface area contributed by atoms with E-state index in [2.05, 4.69) is 10.2 Å². The lowest BCUT2D eigenvalue weighted by atomic mass is 10.1. The van der Waals surface area contributed by atoms with Crippen LogP contribution in [0, 0.1) is 17.5 Å². The van der Waals surface area contributed by atoms with Gasteiger partial charge in [0, 0.05) is 37.4 Å². The third kappa shape index (κ3) is 4.59. The number of carbonyl (C=O) groups excluding carboxylic acids is 2. The Labute approximate surface area is 167 Å². The minimum Gasteiger partial charge on any atom is -0.369 e. The molecule has 0 aliphatic carbocycles. The van der Waals surface area contributed by atoms with Crippen LogP contribution < -0.4 is 10.2 Å². The number of hydrogen-bond acceptors (Lipinski definition) is 4. The SMILES string of the molecule is CC(=O)c1ccc(N2CCN([C@@H](C)C(=O)Nc3ccc(F)c(F)c3F)CC2)cc1. The fraction of sp³-hybridized carbons (Fsp3) is 0.333. The van der Waals surface area contributed by atoms with Crippen LogP contribution in [0.1, 0.15) is 24.2 Å². The molecule has 1 amide bonds. The van der Waals surface area contributed by atoms with E-state index in [0.29, 0.717) is 31.7 Å². The Balaban J connectivity index is 1.58. The fourth-order valence-corrected chi connectivity index (χ4v) is 3.30. The molecule has 1 saturated heterocycles. The smallest absolute Gasteiger partial charge is 0.241 e. The molecule has 2 aromatic rings. The second kappa shape index (κ2) is 8.65.